The van der Waals surface area contributed by atoms with E-state index in [0.29, 0.717) is 22.2 Å². The van der Waals surface area contributed by atoms with Crippen LogP contribution in [0.25, 0.3) is 4.96 Å². The van der Waals surface area contributed by atoms with Crippen molar-refractivity contribution >= 4 is 22.3 Å². The van der Waals surface area contributed by atoms with Crippen LogP contribution >= 0.6 is 11.3 Å². The van der Waals surface area contributed by atoms with Crippen molar-refractivity contribution in [3.63, 3.8) is 0 Å². The van der Waals surface area contributed by atoms with Crippen LogP contribution in [-0.4, -0.2) is 34.3 Å². The van der Waals surface area contributed by atoms with Gasteiger partial charge in [-0.15, -0.1) is 0 Å². The number of hydrogen-bond donors (Lipinski definition) is 0. The summed E-state index contributed by atoms with van der Waals surface area (Å²) in [6.45, 7) is 1.70. The summed E-state index contributed by atoms with van der Waals surface area (Å²) in [5.41, 5.74) is 0.0867. The Morgan fingerprint density at radius 1 is 1.22 bits per heavy atom. The van der Waals surface area contributed by atoms with Gasteiger partial charge < -0.3 is 14.2 Å². The van der Waals surface area contributed by atoms with Crippen LogP contribution in [0.15, 0.2) is 35.1 Å². The molecule has 8 nitrogen and oxygen atoms in total. The molecule has 9 heteroatoms. The highest BCUT2D eigenvalue weighted by molar-refractivity contribution is 7.16. The zero-order valence-electron chi connectivity index (χ0n) is 15.0. The first-order valence-electron chi connectivity index (χ1n) is 8.40. The molecule has 2 heterocycles. The Kier molecular flexibility index (Phi) is 6.02. The van der Waals surface area contributed by atoms with Crippen LogP contribution < -0.4 is 15.0 Å². The Hall–Kier alpha value is -2.94. The van der Waals surface area contributed by atoms with Gasteiger partial charge in [0.2, 0.25) is 4.96 Å². The van der Waals surface area contributed by atoms with E-state index in [-0.39, 0.29) is 18.8 Å². The first-order chi connectivity index (χ1) is 13.1. The molecule has 0 atom stereocenters. The number of fused-ring (bicyclic) bond motifs is 1. The minimum absolute atomic E-state index is 0.0996. The summed E-state index contributed by atoms with van der Waals surface area (Å²) in [6.07, 6.45) is 1.73. The number of carbonyl (C=O) groups excluding carboxylic acids is 1. The third-order valence-electron chi connectivity index (χ3n) is 3.60. The number of ether oxygens (including phenoxy) is 3. The lowest BCUT2D eigenvalue weighted by Crippen LogP contribution is -2.18. The molecule has 0 amide bonds. The van der Waals surface area contributed by atoms with Crippen LogP contribution in [0.4, 0.5) is 0 Å². The predicted molar refractivity (Wildman–Crippen MR) is 99.4 cm³/mol. The Bertz CT molecular complexity index is 981. The molecule has 0 aliphatic heterocycles. The Morgan fingerprint density at radius 2 is 1.96 bits per heavy atom. The SMILES string of the molecule is CCCc1nn2c(=O)cc(COC(=O)COc3ccc(OC)cc3)nc2s1. The number of esters is 1. The van der Waals surface area contributed by atoms with Crippen molar-refractivity contribution in [2.45, 2.75) is 26.4 Å². The van der Waals surface area contributed by atoms with Gasteiger partial charge in [0, 0.05) is 12.5 Å². The summed E-state index contributed by atoms with van der Waals surface area (Å²) < 4.78 is 16.8. The normalized spacial score (nSPS) is 10.7. The number of aromatic nitrogens is 3. The quantitative estimate of drug-likeness (QED) is 0.546. The largest absolute Gasteiger partial charge is 0.497 e. The number of aryl methyl sites for hydroxylation is 1. The summed E-state index contributed by atoms with van der Waals surface area (Å²) in [5, 5.41) is 5.09. The molecule has 3 rings (SSSR count). The van der Waals surface area contributed by atoms with Gasteiger partial charge in [0.15, 0.2) is 6.61 Å². The Labute approximate surface area is 159 Å². The molecule has 0 aliphatic rings. The van der Waals surface area contributed by atoms with Crippen molar-refractivity contribution < 1.29 is 19.0 Å². The maximum absolute atomic E-state index is 12.1. The van der Waals surface area contributed by atoms with E-state index in [1.54, 1.807) is 31.4 Å². The fraction of sp³-hybridized carbons (Fsp3) is 0.333. The van der Waals surface area contributed by atoms with Crippen molar-refractivity contribution in [2.24, 2.45) is 0 Å². The van der Waals surface area contributed by atoms with Gasteiger partial charge in [0.1, 0.15) is 23.1 Å². The second-order valence-corrected chi connectivity index (χ2v) is 6.69. The van der Waals surface area contributed by atoms with Crippen LogP contribution in [-0.2, 0) is 22.6 Å². The number of hydrogen-bond acceptors (Lipinski definition) is 8. The Morgan fingerprint density at radius 3 is 2.67 bits per heavy atom. The molecule has 0 spiro atoms. The summed E-state index contributed by atoms with van der Waals surface area (Å²) in [6, 6.07) is 8.17. The second kappa shape index (κ2) is 8.63. The lowest BCUT2D eigenvalue weighted by atomic mass is 10.3. The topological polar surface area (TPSA) is 92.0 Å². The molecule has 1 aromatic carbocycles. The van der Waals surface area contributed by atoms with Crippen molar-refractivity contribution in [1.29, 1.82) is 0 Å². The van der Waals surface area contributed by atoms with E-state index in [1.807, 2.05) is 6.92 Å². The molecule has 0 unspecified atom stereocenters. The molecular formula is C18H19N3O5S. The second-order valence-electron chi connectivity index (χ2n) is 5.65. The van der Waals surface area contributed by atoms with E-state index < -0.39 is 5.97 Å². The lowest BCUT2D eigenvalue weighted by molar-refractivity contribution is -0.147. The molecule has 0 aliphatic carbocycles. The van der Waals surface area contributed by atoms with Gasteiger partial charge in [-0.25, -0.2) is 9.78 Å². The molecule has 2 aromatic heterocycles. The average Bonchev–Trinajstić information content (AvgIpc) is 3.08. The highest BCUT2D eigenvalue weighted by atomic mass is 32.1. The van der Waals surface area contributed by atoms with E-state index in [0.717, 1.165) is 17.8 Å². The number of carbonyl (C=O) groups is 1. The van der Waals surface area contributed by atoms with Crippen molar-refractivity contribution in [3.05, 3.63) is 51.4 Å². The van der Waals surface area contributed by atoms with Gasteiger partial charge in [-0.3, -0.25) is 4.79 Å². The molecule has 0 saturated carbocycles. The summed E-state index contributed by atoms with van der Waals surface area (Å²) in [7, 11) is 1.57. The monoisotopic (exact) mass is 389 g/mol. The average molecular weight is 389 g/mol. The van der Waals surface area contributed by atoms with E-state index in [9.17, 15) is 9.59 Å². The van der Waals surface area contributed by atoms with Crippen molar-refractivity contribution in [2.75, 3.05) is 13.7 Å². The van der Waals surface area contributed by atoms with Gasteiger partial charge in [0.05, 0.1) is 12.8 Å². The van der Waals surface area contributed by atoms with Crippen molar-refractivity contribution in [1.82, 2.24) is 14.6 Å². The minimum Gasteiger partial charge on any atom is -0.497 e. The van der Waals surface area contributed by atoms with Crippen molar-refractivity contribution in [3.8, 4) is 11.5 Å². The smallest absolute Gasteiger partial charge is 0.344 e. The molecule has 0 N–H and O–H groups in total. The van der Waals surface area contributed by atoms with Gasteiger partial charge in [-0.1, -0.05) is 18.3 Å². The lowest BCUT2D eigenvalue weighted by Gasteiger charge is -2.07. The highest BCUT2D eigenvalue weighted by Crippen LogP contribution is 2.17. The molecule has 142 valence electrons. The van der Waals surface area contributed by atoms with Crippen LogP contribution in [0.5, 0.6) is 11.5 Å². The van der Waals surface area contributed by atoms with E-state index in [1.165, 1.54) is 21.9 Å². The molecule has 0 fully saturated rings. The number of benzene rings is 1. The molecule has 0 bridgehead atoms. The highest BCUT2D eigenvalue weighted by Gasteiger charge is 2.11. The van der Waals surface area contributed by atoms with Crippen LogP contribution in [0.2, 0.25) is 0 Å². The maximum atomic E-state index is 12.1. The molecule has 27 heavy (non-hydrogen) atoms. The fourth-order valence-corrected chi connectivity index (χ4v) is 3.31. The first-order valence-corrected chi connectivity index (χ1v) is 9.22. The molecule has 0 saturated heterocycles. The zero-order chi connectivity index (χ0) is 19.2. The van der Waals surface area contributed by atoms with E-state index in [2.05, 4.69) is 10.1 Å². The Balaban J connectivity index is 1.57. The fourth-order valence-electron chi connectivity index (χ4n) is 2.30. The standard InChI is InChI=1S/C18H19N3O5S/c1-3-4-15-20-21-16(22)9-12(19-18(21)27-15)10-26-17(23)11-25-14-7-5-13(24-2)6-8-14/h5-9H,3-4,10-11H2,1-2H3. The first kappa shape index (κ1) is 18.8. The zero-order valence-corrected chi connectivity index (χ0v) is 15.8. The molecular weight excluding hydrogens is 370 g/mol. The van der Waals surface area contributed by atoms with Crippen LogP contribution in [0.3, 0.4) is 0 Å². The van der Waals surface area contributed by atoms with Gasteiger partial charge in [-0.05, 0) is 30.7 Å². The van der Waals surface area contributed by atoms with Gasteiger partial charge >= 0.3 is 5.97 Å². The van der Waals surface area contributed by atoms with Gasteiger partial charge in [-0.2, -0.15) is 9.61 Å². The van der Waals surface area contributed by atoms with E-state index in [4.69, 9.17) is 14.2 Å². The van der Waals surface area contributed by atoms with E-state index >= 15 is 0 Å². The third kappa shape index (κ3) is 4.82. The summed E-state index contributed by atoms with van der Waals surface area (Å²) in [4.78, 5) is 28.8. The molecule has 3 aromatic rings. The van der Waals surface area contributed by atoms with Gasteiger partial charge in [0.25, 0.3) is 5.56 Å². The minimum atomic E-state index is -0.552. The molecule has 0 radical (unpaired) electrons. The van der Waals surface area contributed by atoms with Crippen LogP contribution in [0, 0.1) is 0 Å². The number of methoxy groups -OCH3 is 1. The van der Waals surface area contributed by atoms with Crippen LogP contribution in [0.1, 0.15) is 24.0 Å². The predicted octanol–water partition coefficient (Wildman–Crippen LogP) is 2.23. The number of nitrogens with zero attached hydrogens (tertiary/aromatic N) is 3. The number of rotatable bonds is 8. The maximum Gasteiger partial charge on any atom is 0.344 e. The summed E-state index contributed by atoms with van der Waals surface area (Å²) in [5.74, 6) is 0.672. The third-order valence-corrected chi connectivity index (χ3v) is 4.57. The summed E-state index contributed by atoms with van der Waals surface area (Å²) >= 11 is 1.36.